The molecule has 2 aromatic rings. The molecule has 10 aliphatic carbocycles. The second-order valence-electron chi connectivity index (χ2n) is 31.9. The summed E-state index contributed by atoms with van der Waals surface area (Å²) in [6.45, 7) is 5.21. The summed E-state index contributed by atoms with van der Waals surface area (Å²) in [6, 6.07) is 7.87. The van der Waals surface area contributed by atoms with Gasteiger partial charge in [0.1, 0.15) is 67.3 Å². The first-order chi connectivity index (χ1) is 51.1. The first-order valence-corrected chi connectivity index (χ1v) is 41.0. The van der Waals surface area contributed by atoms with Gasteiger partial charge in [0, 0.05) is 37.4 Å². The van der Waals surface area contributed by atoms with Gasteiger partial charge >= 0.3 is 30.1 Å². The lowest BCUT2D eigenvalue weighted by Gasteiger charge is -2.53. The summed E-state index contributed by atoms with van der Waals surface area (Å²) in [5.41, 5.74) is 9.11. The highest BCUT2D eigenvalue weighted by Crippen LogP contribution is 2.56. The SMILES string of the molecule is Cc1ccc(CSC[C@H](NC(=O)[C@H](CCCCNC(=O)OC2C3CC4CC(C3)CC2C4)NC(=O)[C@H](CCC(=O)OC2CCCCC2)NC(=O)[C@H](C)NC(=O)[C@H](CCC(=O)OC2CCCCC2)NC(=O)[C@H](C)NC(=O)[C@@H](N)CCCCNC(=O)OC2C3CC4CC(C3)CC2C4)C(=O)OCc2ccccc2)cc1. The first kappa shape index (κ1) is 81.0. The van der Waals surface area contributed by atoms with Crippen LogP contribution in [0.3, 0.4) is 0 Å². The highest BCUT2D eigenvalue weighted by molar-refractivity contribution is 7.98. The van der Waals surface area contributed by atoms with E-state index in [2.05, 4.69) is 42.5 Å². The van der Waals surface area contributed by atoms with Gasteiger partial charge in [-0.25, -0.2) is 14.4 Å². The average molecular weight is 1490 g/mol. The van der Waals surface area contributed by atoms with Gasteiger partial charge in [0.05, 0.1) is 6.04 Å². The number of carbonyl (C=O) groups excluding carboxylic acids is 11. The van der Waals surface area contributed by atoms with Crippen molar-refractivity contribution in [1.82, 2.24) is 42.5 Å². The van der Waals surface area contributed by atoms with E-state index in [-0.39, 0.29) is 88.3 Å². The number of esters is 3. The minimum atomic E-state index is -1.52. The number of carbonyl (C=O) groups is 11. The lowest BCUT2D eigenvalue weighted by Crippen LogP contribution is -2.59. The van der Waals surface area contributed by atoms with E-state index < -0.39 is 108 Å². The summed E-state index contributed by atoms with van der Waals surface area (Å²) >= 11 is 1.40. The molecular formula is C80H117N9O16S. The lowest BCUT2D eigenvalue weighted by atomic mass is 9.55. The number of hydrogen-bond donors (Lipinski definition) is 9. The van der Waals surface area contributed by atoms with Gasteiger partial charge in [0.15, 0.2) is 0 Å². The molecule has 0 unspecified atom stereocenters. The molecule has 25 nitrogen and oxygen atoms in total. The van der Waals surface area contributed by atoms with Crippen LogP contribution < -0.4 is 48.3 Å². The molecular weight excluding hydrogens is 1370 g/mol. The molecule has 10 N–H and O–H groups in total. The molecule has 10 fully saturated rings. The van der Waals surface area contributed by atoms with Crippen LogP contribution in [0.2, 0.25) is 0 Å². The average Bonchev–Trinajstić information content (AvgIpc) is 0.769. The van der Waals surface area contributed by atoms with Crippen LogP contribution in [0, 0.1) is 54.3 Å². The number of thioether (sulfide) groups is 1. The fourth-order valence-corrected chi connectivity index (χ4v) is 19.0. The molecule has 2 aromatic carbocycles. The Bertz CT molecular complexity index is 3220. The third kappa shape index (κ3) is 25.0. The normalized spacial score (nSPS) is 25.5. The number of hydrogen-bond acceptors (Lipinski definition) is 18. The van der Waals surface area contributed by atoms with Crippen molar-refractivity contribution in [3.05, 3.63) is 71.3 Å². The summed E-state index contributed by atoms with van der Waals surface area (Å²) in [6.07, 6.45) is 18.7. The Balaban J connectivity index is 0.777. The van der Waals surface area contributed by atoms with Crippen molar-refractivity contribution < 1.29 is 76.4 Å². The molecule has 8 amide bonds. The maximum atomic E-state index is 15.0. The number of nitrogens with two attached hydrogens (primary N) is 1. The zero-order valence-electron chi connectivity index (χ0n) is 62.4. The topological polar surface area (TPSA) is 356 Å². The molecule has 8 bridgehead atoms. The Kier molecular flexibility index (Phi) is 31.1. The third-order valence-corrected chi connectivity index (χ3v) is 24.5. The Morgan fingerprint density at radius 2 is 0.858 bits per heavy atom. The van der Waals surface area contributed by atoms with Gasteiger partial charge in [-0.15, -0.1) is 0 Å². The van der Waals surface area contributed by atoms with Crippen LogP contribution in [-0.2, 0) is 79.2 Å². The van der Waals surface area contributed by atoms with E-state index in [0.717, 1.165) is 118 Å². The zero-order valence-corrected chi connectivity index (χ0v) is 63.2. The minimum absolute atomic E-state index is 0.000923. The largest absolute Gasteiger partial charge is 0.462 e. The molecule has 0 heterocycles. The number of nitrogens with one attached hydrogen (secondary N) is 8. The standard InChI is InChI=1S/C80H117N9O16S/c1-48-25-27-52(28-26-48)46-106-47-67(78(98)101-45-51-17-7-4-8-18-51)89-76(96)64(24-14-16-34-83-80(100)105-71-59-41-55-36-56(43-59)44-60(71)42-55)88-77(97)66(30-32-69(91)103-62-21-11-6-12-22-62)87-73(93)50(3)85-75(95)65(29-31-68(90)102-61-19-9-5-10-20-61)86-72(92)49(2)84-74(94)63(81)23-13-15-33-82-79(99)104-70-57-37-53-35-54(39-57)40-58(70)38-53/h4,7-8,17-18,25-28,49-50,53-67,70-71H,5-6,9-16,19-24,29-47,81H2,1-3H3,(H,82,99)(H,83,100)(H,84,94)(H,85,95)(H,86,92)(H,87,93)(H,88,97)(H,89,96)/t49-,50-,53?,54?,55?,56?,57?,58?,59?,60?,63-,64-,65-,66-,67-,70?,71?/m0/s1. The molecule has 0 saturated heterocycles. The smallest absolute Gasteiger partial charge is 0.407 e. The van der Waals surface area contributed by atoms with Crippen LogP contribution in [0.4, 0.5) is 9.59 Å². The van der Waals surface area contributed by atoms with Gasteiger partial charge in [0.2, 0.25) is 35.4 Å². The Morgan fingerprint density at radius 1 is 0.443 bits per heavy atom. The van der Waals surface area contributed by atoms with Crippen molar-refractivity contribution >= 4 is 77.3 Å². The number of ether oxygens (including phenoxy) is 5. The molecule has 26 heteroatoms. The van der Waals surface area contributed by atoms with Crippen molar-refractivity contribution in [1.29, 1.82) is 0 Å². The zero-order chi connectivity index (χ0) is 75.1. The molecule has 10 saturated carbocycles. The number of alkyl carbamates (subject to hydrolysis) is 2. The van der Waals surface area contributed by atoms with E-state index in [1.165, 1.54) is 38.5 Å². The third-order valence-electron chi connectivity index (χ3n) is 23.4. The molecule has 0 radical (unpaired) electrons. The molecule has 7 atom stereocenters. The van der Waals surface area contributed by atoms with Crippen molar-refractivity contribution in [3.63, 3.8) is 0 Å². The molecule has 584 valence electrons. The Hall–Kier alpha value is -7.48. The second-order valence-corrected chi connectivity index (χ2v) is 33.0. The van der Waals surface area contributed by atoms with Crippen molar-refractivity contribution in [2.45, 2.75) is 292 Å². The second kappa shape index (κ2) is 40.6. The lowest BCUT2D eigenvalue weighted by molar-refractivity contribution is -0.152. The fraction of sp³-hybridized carbons (Fsp3) is 0.713. The van der Waals surface area contributed by atoms with Crippen molar-refractivity contribution in [2.75, 3.05) is 18.8 Å². The van der Waals surface area contributed by atoms with E-state index >= 15 is 0 Å². The summed E-state index contributed by atoms with van der Waals surface area (Å²) < 4.78 is 29.4. The maximum absolute atomic E-state index is 15.0. The van der Waals surface area contributed by atoms with Crippen LogP contribution >= 0.6 is 11.8 Å². The number of amides is 8. The summed E-state index contributed by atoms with van der Waals surface area (Å²) in [7, 11) is 0. The summed E-state index contributed by atoms with van der Waals surface area (Å²) in [5, 5.41) is 22.0. The van der Waals surface area contributed by atoms with Crippen LogP contribution in [0.5, 0.6) is 0 Å². The Morgan fingerprint density at radius 3 is 1.33 bits per heavy atom. The number of rotatable bonds is 39. The van der Waals surface area contributed by atoms with Gasteiger partial charge in [-0.2, -0.15) is 11.8 Å². The van der Waals surface area contributed by atoms with Gasteiger partial charge < -0.3 is 72.0 Å². The molecule has 0 spiro atoms. The summed E-state index contributed by atoms with van der Waals surface area (Å²) in [4.78, 5) is 153. The van der Waals surface area contributed by atoms with E-state index in [9.17, 15) is 52.7 Å². The fourth-order valence-electron chi connectivity index (χ4n) is 18.0. The predicted molar refractivity (Wildman–Crippen MR) is 397 cm³/mol. The minimum Gasteiger partial charge on any atom is -0.462 e. The molecule has 106 heavy (non-hydrogen) atoms. The summed E-state index contributed by atoms with van der Waals surface area (Å²) in [5.74, 6) is -1.58. The van der Waals surface area contributed by atoms with E-state index in [4.69, 9.17) is 29.4 Å². The molecule has 12 rings (SSSR count). The van der Waals surface area contributed by atoms with E-state index in [1.54, 1.807) is 0 Å². The first-order valence-electron chi connectivity index (χ1n) is 39.8. The monoisotopic (exact) mass is 1490 g/mol. The van der Waals surface area contributed by atoms with Crippen LogP contribution in [0.25, 0.3) is 0 Å². The Labute approximate surface area is 628 Å². The number of benzene rings is 2. The van der Waals surface area contributed by atoms with Crippen molar-refractivity contribution in [3.8, 4) is 0 Å². The molecule has 0 aliphatic heterocycles. The highest BCUT2D eigenvalue weighted by atomic mass is 32.2. The van der Waals surface area contributed by atoms with Crippen molar-refractivity contribution in [2.24, 2.45) is 53.1 Å². The molecule has 0 aromatic heterocycles. The van der Waals surface area contributed by atoms with E-state index in [1.807, 2.05) is 61.5 Å². The van der Waals surface area contributed by atoms with Gasteiger partial charge in [-0.1, -0.05) is 73.0 Å². The number of unbranched alkanes of at least 4 members (excludes halogenated alkanes) is 2. The van der Waals surface area contributed by atoms with Crippen LogP contribution in [-0.4, -0.2) is 151 Å². The predicted octanol–water partition coefficient (Wildman–Crippen LogP) is 9.00. The van der Waals surface area contributed by atoms with Gasteiger partial charge in [-0.3, -0.25) is 38.4 Å². The van der Waals surface area contributed by atoms with Gasteiger partial charge in [0.25, 0.3) is 0 Å². The quantitative estimate of drug-likeness (QED) is 0.0171. The maximum Gasteiger partial charge on any atom is 0.407 e. The number of aryl methyl sites for hydroxylation is 1. The van der Waals surface area contributed by atoms with Crippen LogP contribution in [0.1, 0.15) is 223 Å². The highest BCUT2D eigenvalue weighted by Gasteiger charge is 2.51. The van der Waals surface area contributed by atoms with E-state index in [0.29, 0.717) is 92.8 Å². The van der Waals surface area contributed by atoms with Gasteiger partial charge in [-0.05, 0) is 246 Å². The van der Waals surface area contributed by atoms with Crippen LogP contribution in [0.15, 0.2) is 54.6 Å². The molecule has 10 aliphatic rings.